The molecular weight excluding hydrogens is 344 g/mol. The lowest BCUT2D eigenvalue weighted by atomic mass is 10.1. The maximum Gasteiger partial charge on any atom is 0.243 e. The molecule has 0 saturated carbocycles. The van der Waals surface area contributed by atoms with E-state index in [0.29, 0.717) is 5.75 Å². The van der Waals surface area contributed by atoms with Crippen LogP contribution in [0.2, 0.25) is 0 Å². The number of hydrogen-bond donors (Lipinski definition) is 2. The monoisotopic (exact) mass is 370 g/mol. The smallest absolute Gasteiger partial charge is 0.243 e. The highest BCUT2D eigenvalue weighted by atomic mass is 32.2. The number of carbonyl (C=O) groups is 2. The molecule has 0 aliphatic heterocycles. The number of nitrogens with one attached hydrogen (secondary N) is 2. The molecule has 0 aliphatic carbocycles. The van der Waals surface area contributed by atoms with Crippen molar-refractivity contribution in [3.05, 3.63) is 64.2 Å². The SMILES string of the molecule is Cc1ccc(CSCC(=O)NCC(=O)Nc2c(C)cc(C)cc2C)cc1. The molecule has 0 radical (unpaired) electrons. The Labute approximate surface area is 159 Å². The average Bonchev–Trinajstić information content (AvgIpc) is 2.58. The van der Waals surface area contributed by atoms with E-state index in [1.807, 2.05) is 32.9 Å². The van der Waals surface area contributed by atoms with Crippen molar-refractivity contribution in [3.8, 4) is 0 Å². The summed E-state index contributed by atoms with van der Waals surface area (Å²) in [5.41, 5.74) is 6.45. The highest BCUT2D eigenvalue weighted by Crippen LogP contribution is 2.21. The third kappa shape index (κ3) is 6.23. The van der Waals surface area contributed by atoms with Crippen molar-refractivity contribution in [2.75, 3.05) is 17.6 Å². The lowest BCUT2D eigenvalue weighted by Crippen LogP contribution is -2.34. The van der Waals surface area contributed by atoms with E-state index >= 15 is 0 Å². The van der Waals surface area contributed by atoms with Crippen LogP contribution in [0.4, 0.5) is 5.69 Å². The molecule has 26 heavy (non-hydrogen) atoms. The number of benzene rings is 2. The van der Waals surface area contributed by atoms with Gasteiger partial charge in [-0.25, -0.2) is 0 Å². The molecule has 0 aliphatic rings. The van der Waals surface area contributed by atoms with Crippen LogP contribution < -0.4 is 10.6 Å². The molecule has 2 amide bonds. The lowest BCUT2D eigenvalue weighted by Gasteiger charge is -2.13. The molecule has 4 nitrogen and oxygen atoms in total. The Kier molecular flexibility index (Phi) is 7.27. The molecule has 0 unspecified atom stereocenters. The van der Waals surface area contributed by atoms with Crippen molar-refractivity contribution in [2.45, 2.75) is 33.4 Å². The topological polar surface area (TPSA) is 58.2 Å². The van der Waals surface area contributed by atoms with Crippen LogP contribution in [0.25, 0.3) is 0 Å². The molecule has 0 saturated heterocycles. The minimum absolute atomic E-state index is 0.0172. The van der Waals surface area contributed by atoms with Crippen molar-refractivity contribution in [1.29, 1.82) is 0 Å². The zero-order valence-electron chi connectivity index (χ0n) is 15.8. The summed E-state index contributed by atoms with van der Waals surface area (Å²) in [6, 6.07) is 12.3. The molecule has 0 atom stereocenters. The van der Waals surface area contributed by atoms with E-state index in [1.165, 1.54) is 22.9 Å². The molecule has 2 rings (SSSR count). The van der Waals surface area contributed by atoms with Gasteiger partial charge in [0.1, 0.15) is 0 Å². The molecule has 0 spiro atoms. The Morgan fingerprint density at radius 2 is 1.50 bits per heavy atom. The largest absolute Gasteiger partial charge is 0.346 e. The van der Waals surface area contributed by atoms with Gasteiger partial charge in [-0.3, -0.25) is 9.59 Å². The highest BCUT2D eigenvalue weighted by molar-refractivity contribution is 7.99. The van der Waals surface area contributed by atoms with E-state index in [2.05, 4.69) is 41.8 Å². The number of anilines is 1. The van der Waals surface area contributed by atoms with E-state index in [0.717, 1.165) is 28.1 Å². The van der Waals surface area contributed by atoms with Gasteiger partial charge in [-0.2, -0.15) is 0 Å². The minimum atomic E-state index is -0.211. The average molecular weight is 371 g/mol. The van der Waals surface area contributed by atoms with Crippen LogP contribution in [0, 0.1) is 27.7 Å². The third-order valence-corrected chi connectivity index (χ3v) is 5.01. The highest BCUT2D eigenvalue weighted by Gasteiger charge is 2.10. The van der Waals surface area contributed by atoms with Crippen molar-refractivity contribution in [2.24, 2.45) is 0 Å². The Bertz CT molecular complexity index is 762. The summed E-state index contributed by atoms with van der Waals surface area (Å²) in [7, 11) is 0. The van der Waals surface area contributed by atoms with Crippen LogP contribution in [0.15, 0.2) is 36.4 Å². The lowest BCUT2D eigenvalue weighted by molar-refractivity contribution is -0.122. The predicted molar refractivity (Wildman–Crippen MR) is 110 cm³/mol. The van der Waals surface area contributed by atoms with E-state index < -0.39 is 0 Å². The fourth-order valence-corrected chi connectivity index (χ4v) is 3.55. The molecule has 0 bridgehead atoms. The number of rotatable bonds is 7. The Morgan fingerprint density at radius 1 is 0.885 bits per heavy atom. The van der Waals surface area contributed by atoms with Crippen LogP contribution in [-0.4, -0.2) is 24.1 Å². The normalized spacial score (nSPS) is 10.5. The molecule has 2 aromatic carbocycles. The van der Waals surface area contributed by atoms with Gasteiger partial charge in [0.15, 0.2) is 0 Å². The summed E-state index contributed by atoms with van der Waals surface area (Å²) in [6.07, 6.45) is 0. The summed E-state index contributed by atoms with van der Waals surface area (Å²) in [5, 5.41) is 5.56. The van der Waals surface area contributed by atoms with Gasteiger partial charge in [-0.05, 0) is 44.4 Å². The van der Waals surface area contributed by atoms with Gasteiger partial charge in [-0.15, -0.1) is 11.8 Å². The van der Waals surface area contributed by atoms with Crippen LogP contribution in [0.5, 0.6) is 0 Å². The number of hydrogen-bond acceptors (Lipinski definition) is 3. The minimum Gasteiger partial charge on any atom is -0.346 e. The van der Waals surface area contributed by atoms with E-state index in [9.17, 15) is 9.59 Å². The van der Waals surface area contributed by atoms with Crippen LogP contribution in [0.1, 0.15) is 27.8 Å². The first kappa shape index (κ1) is 20.0. The van der Waals surface area contributed by atoms with Gasteiger partial charge >= 0.3 is 0 Å². The number of thioether (sulfide) groups is 1. The Morgan fingerprint density at radius 3 is 2.12 bits per heavy atom. The summed E-state index contributed by atoms with van der Waals surface area (Å²) < 4.78 is 0. The quantitative estimate of drug-likeness (QED) is 0.777. The van der Waals surface area contributed by atoms with Gasteiger partial charge in [0.05, 0.1) is 12.3 Å². The first-order valence-electron chi connectivity index (χ1n) is 8.63. The molecule has 138 valence electrons. The zero-order valence-corrected chi connectivity index (χ0v) is 16.6. The van der Waals surface area contributed by atoms with E-state index in [4.69, 9.17) is 0 Å². The van der Waals surface area contributed by atoms with Gasteiger partial charge < -0.3 is 10.6 Å². The Balaban J connectivity index is 1.73. The van der Waals surface area contributed by atoms with E-state index in [-0.39, 0.29) is 18.4 Å². The van der Waals surface area contributed by atoms with Gasteiger partial charge in [-0.1, -0.05) is 47.5 Å². The maximum absolute atomic E-state index is 12.1. The van der Waals surface area contributed by atoms with Crippen molar-refractivity contribution in [3.63, 3.8) is 0 Å². The van der Waals surface area contributed by atoms with Crippen molar-refractivity contribution < 1.29 is 9.59 Å². The van der Waals surface area contributed by atoms with Crippen LogP contribution in [-0.2, 0) is 15.3 Å². The second kappa shape index (κ2) is 9.43. The Hall–Kier alpha value is -2.27. The molecule has 5 heteroatoms. The second-order valence-electron chi connectivity index (χ2n) is 6.58. The first-order chi connectivity index (χ1) is 12.3. The molecule has 0 fully saturated rings. The summed E-state index contributed by atoms with van der Waals surface area (Å²) in [4.78, 5) is 24.0. The summed E-state index contributed by atoms with van der Waals surface area (Å²) in [6.45, 7) is 8.00. The third-order valence-electron chi connectivity index (χ3n) is 4.01. The van der Waals surface area contributed by atoms with Crippen molar-refractivity contribution in [1.82, 2.24) is 5.32 Å². The molecular formula is C21H26N2O2S. The van der Waals surface area contributed by atoms with Crippen molar-refractivity contribution >= 4 is 29.3 Å². The summed E-state index contributed by atoms with van der Waals surface area (Å²) >= 11 is 1.54. The fraction of sp³-hybridized carbons (Fsp3) is 0.333. The zero-order chi connectivity index (χ0) is 19.1. The van der Waals surface area contributed by atoms with Crippen LogP contribution in [0.3, 0.4) is 0 Å². The number of carbonyl (C=O) groups excluding carboxylic acids is 2. The molecule has 2 aromatic rings. The second-order valence-corrected chi connectivity index (χ2v) is 7.56. The molecule has 2 N–H and O–H groups in total. The predicted octanol–water partition coefficient (Wildman–Crippen LogP) is 3.91. The van der Waals surface area contributed by atoms with Gasteiger partial charge in [0.2, 0.25) is 11.8 Å². The molecule has 0 aromatic heterocycles. The van der Waals surface area contributed by atoms with Crippen LogP contribution >= 0.6 is 11.8 Å². The van der Waals surface area contributed by atoms with Gasteiger partial charge in [0, 0.05) is 11.4 Å². The summed E-state index contributed by atoms with van der Waals surface area (Å²) in [5.74, 6) is 0.775. The van der Waals surface area contributed by atoms with E-state index in [1.54, 1.807) is 0 Å². The standard InChI is InChI=1S/C21H26N2O2S/c1-14-5-7-18(8-6-14)12-26-13-20(25)22-11-19(24)23-21-16(3)9-15(2)10-17(21)4/h5-10H,11-13H2,1-4H3,(H,22,25)(H,23,24). The molecule has 0 heterocycles. The maximum atomic E-state index is 12.1. The number of aryl methyl sites for hydroxylation is 4. The van der Waals surface area contributed by atoms with Gasteiger partial charge in [0.25, 0.3) is 0 Å². The fourth-order valence-electron chi connectivity index (χ4n) is 2.74. The first-order valence-corrected chi connectivity index (χ1v) is 9.78. The number of amides is 2.